The molecular weight excluding hydrogens is 338 g/mol. The van der Waals surface area contributed by atoms with Crippen LogP contribution in [0, 0.1) is 11.6 Å². The molecule has 3 rings (SSSR count). The standard InChI is InChI=1S/C15H10F2N4O2S/c16-9-1-6-13(17)12(7-9)14(23)8-24-15-18-19-20-21(15)10-2-4-11(22)5-3-10/h1-7,22H,8H2. The number of carbonyl (C=O) groups is 1. The Bertz CT molecular complexity index is 883. The molecule has 0 saturated carbocycles. The normalized spacial score (nSPS) is 10.8. The molecule has 0 amide bonds. The number of hydrogen-bond acceptors (Lipinski definition) is 6. The number of aromatic nitrogens is 4. The summed E-state index contributed by atoms with van der Waals surface area (Å²) in [6.07, 6.45) is 0. The fourth-order valence-electron chi connectivity index (χ4n) is 1.94. The van der Waals surface area contributed by atoms with Crippen LogP contribution in [0.1, 0.15) is 10.4 Å². The molecule has 0 unspecified atom stereocenters. The van der Waals surface area contributed by atoms with Crippen molar-refractivity contribution in [2.75, 3.05) is 5.75 Å². The van der Waals surface area contributed by atoms with Gasteiger partial charge in [0.25, 0.3) is 0 Å². The number of nitrogens with zero attached hydrogens (tertiary/aromatic N) is 4. The molecule has 0 radical (unpaired) electrons. The summed E-state index contributed by atoms with van der Waals surface area (Å²) in [7, 11) is 0. The molecule has 0 atom stereocenters. The van der Waals surface area contributed by atoms with Gasteiger partial charge in [0.1, 0.15) is 17.4 Å². The molecule has 0 spiro atoms. The van der Waals surface area contributed by atoms with E-state index in [4.69, 9.17) is 0 Å². The number of phenolic OH excluding ortho intramolecular Hbond substituents is 1. The third kappa shape index (κ3) is 3.40. The second kappa shape index (κ2) is 6.75. The van der Waals surface area contributed by atoms with E-state index in [1.54, 1.807) is 12.1 Å². The minimum absolute atomic E-state index is 0.0952. The molecule has 6 nitrogen and oxygen atoms in total. The van der Waals surface area contributed by atoms with Crippen molar-refractivity contribution in [2.24, 2.45) is 0 Å². The van der Waals surface area contributed by atoms with Crippen LogP contribution in [0.3, 0.4) is 0 Å². The first kappa shape index (κ1) is 16.1. The highest BCUT2D eigenvalue weighted by Gasteiger charge is 2.16. The van der Waals surface area contributed by atoms with Crippen LogP contribution in [0.4, 0.5) is 8.78 Å². The molecule has 0 bridgehead atoms. The fourth-order valence-corrected chi connectivity index (χ4v) is 2.72. The molecule has 1 aromatic heterocycles. The zero-order chi connectivity index (χ0) is 17.1. The summed E-state index contributed by atoms with van der Waals surface area (Å²) < 4.78 is 28.1. The Morgan fingerprint density at radius 3 is 2.67 bits per heavy atom. The second-order valence-electron chi connectivity index (χ2n) is 4.73. The summed E-state index contributed by atoms with van der Waals surface area (Å²) in [5.41, 5.74) is 0.274. The third-order valence-corrected chi connectivity index (χ3v) is 4.02. The van der Waals surface area contributed by atoms with Gasteiger partial charge in [-0.3, -0.25) is 4.79 Å². The lowest BCUT2D eigenvalue weighted by Crippen LogP contribution is -2.07. The second-order valence-corrected chi connectivity index (χ2v) is 5.67. The first-order chi connectivity index (χ1) is 11.5. The number of phenols is 1. The predicted molar refractivity (Wildman–Crippen MR) is 82.2 cm³/mol. The van der Waals surface area contributed by atoms with Crippen LogP contribution in [-0.4, -0.2) is 36.8 Å². The SMILES string of the molecule is O=C(CSc1nnnn1-c1ccc(O)cc1)c1cc(F)ccc1F. The van der Waals surface area contributed by atoms with E-state index < -0.39 is 17.4 Å². The highest BCUT2D eigenvalue weighted by Crippen LogP contribution is 2.21. The maximum atomic E-state index is 13.6. The van der Waals surface area contributed by atoms with Gasteiger partial charge in [-0.1, -0.05) is 11.8 Å². The largest absolute Gasteiger partial charge is 0.508 e. The van der Waals surface area contributed by atoms with E-state index in [0.29, 0.717) is 10.8 Å². The van der Waals surface area contributed by atoms with Gasteiger partial charge in [-0.05, 0) is 52.9 Å². The van der Waals surface area contributed by atoms with Crippen LogP contribution >= 0.6 is 11.8 Å². The molecule has 0 aliphatic rings. The number of rotatable bonds is 5. The molecule has 0 fully saturated rings. The summed E-state index contributed by atoms with van der Waals surface area (Å²) in [5, 5.41) is 20.8. The van der Waals surface area contributed by atoms with Crippen molar-refractivity contribution < 1.29 is 18.7 Å². The van der Waals surface area contributed by atoms with Gasteiger partial charge in [0.2, 0.25) is 5.16 Å². The predicted octanol–water partition coefficient (Wildman–Crippen LogP) is 2.62. The van der Waals surface area contributed by atoms with Crippen molar-refractivity contribution in [2.45, 2.75) is 5.16 Å². The Balaban J connectivity index is 1.76. The Kier molecular flexibility index (Phi) is 4.52. The molecule has 122 valence electrons. The number of halogens is 2. The van der Waals surface area contributed by atoms with Crippen LogP contribution < -0.4 is 0 Å². The van der Waals surface area contributed by atoms with Crippen LogP contribution in [-0.2, 0) is 0 Å². The number of benzene rings is 2. The van der Waals surface area contributed by atoms with Gasteiger partial charge in [0.15, 0.2) is 5.78 Å². The Morgan fingerprint density at radius 1 is 1.17 bits per heavy atom. The van der Waals surface area contributed by atoms with Gasteiger partial charge < -0.3 is 5.11 Å². The molecule has 2 aromatic carbocycles. The molecule has 0 aliphatic carbocycles. The first-order valence-electron chi connectivity index (χ1n) is 6.73. The summed E-state index contributed by atoms with van der Waals surface area (Å²) in [4.78, 5) is 12.1. The van der Waals surface area contributed by atoms with E-state index in [0.717, 1.165) is 30.0 Å². The lowest BCUT2D eigenvalue weighted by molar-refractivity contribution is 0.101. The Hall–Kier alpha value is -2.81. The van der Waals surface area contributed by atoms with Crippen LogP contribution in [0.5, 0.6) is 5.75 Å². The summed E-state index contributed by atoms with van der Waals surface area (Å²) in [6.45, 7) is 0. The molecular formula is C15H10F2N4O2S. The Labute approximate surface area is 139 Å². The molecule has 0 aliphatic heterocycles. The average Bonchev–Trinajstić information content (AvgIpc) is 3.04. The van der Waals surface area contributed by atoms with Crippen molar-refractivity contribution in [1.82, 2.24) is 20.2 Å². The minimum atomic E-state index is -0.778. The van der Waals surface area contributed by atoms with Crippen molar-refractivity contribution in [3.63, 3.8) is 0 Å². The van der Waals surface area contributed by atoms with Crippen molar-refractivity contribution >= 4 is 17.5 Å². The zero-order valence-electron chi connectivity index (χ0n) is 12.1. The van der Waals surface area contributed by atoms with Gasteiger partial charge in [0, 0.05) is 0 Å². The fraction of sp³-hybridized carbons (Fsp3) is 0.0667. The van der Waals surface area contributed by atoms with E-state index in [1.807, 2.05) is 0 Å². The van der Waals surface area contributed by atoms with Crippen LogP contribution in [0.25, 0.3) is 5.69 Å². The smallest absolute Gasteiger partial charge is 0.214 e. The minimum Gasteiger partial charge on any atom is -0.508 e. The van der Waals surface area contributed by atoms with E-state index in [-0.39, 0.29) is 17.1 Å². The van der Waals surface area contributed by atoms with Crippen LogP contribution in [0.15, 0.2) is 47.6 Å². The maximum absolute atomic E-state index is 13.6. The van der Waals surface area contributed by atoms with Crippen LogP contribution in [0.2, 0.25) is 0 Å². The molecule has 1 N–H and O–H groups in total. The highest BCUT2D eigenvalue weighted by atomic mass is 32.2. The number of carbonyl (C=O) groups excluding carboxylic acids is 1. The monoisotopic (exact) mass is 348 g/mol. The molecule has 0 saturated heterocycles. The van der Waals surface area contributed by atoms with Gasteiger partial charge in [0.05, 0.1) is 17.0 Å². The van der Waals surface area contributed by atoms with Gasteiger partial charge >= 0.3 is 0 Å². The van der Waals surface area contributed by atoms with Gasteiger partial charge in [-0.2, -0.15) is 4.68 Å². The van der Waals surface area contributed by atoms with E-state index >= 15 is 0 Å². The van der Waals surface area contributed by atoms with E-state index in [9.17, 15) is 18.7 Å². The van der Waals surface area contributed by atoms with E-state index in [1.165, 1.54) is 16.8 Å². The number of thioether (sulfide) groups is 1. The lowest BCUT2D eigenvalue weighted by Gasteiger charge is -2.05. The summed E-state index contributed by atoms with van der Waals surface area (Å²) >= 11 is 0.996. The maximum Gasteiger partial charge on any atom is 0.214 e. The molecule has 24 heavy (non-hydrogen) atoms. The summed E-state index contributed by atoms with van der Waals surface area (Å²) in [6, 6.07) is 8.87. The first-order valence-corrected chi connectivity index (χ1v) is 7.72. The van der Waals surface area contributed by atoms with Gasteiger partial charge in [-0.15, -0.1) is 5.10 Å². The molecule has 9 heteroatoms. The quantitative estimate of drug-likeness (QED) is 0.564. The highest BCUT2D eigenvalue weighted by molar-refractivity contribution is 7.99. The Morgan fingerprint density at radius 2 is 1.92 bits per heavy atom. The number of ketones is 1. The van der Waals surface area contributed by atoms with E-state index in [2.05, 4.69) is 15.5 Å². The van der Waals surface area contributed by atoms with Crippen molar-refractivity contribution in [3.05, 3.63) is 59.7 Å². The molecule has 1 heterocycles. The lowest BCUT2D eigenvalue weighted by atomic mass is 10.1. The number of hydrogen-bond donors (Lipinski definition) is 1. The average molecular weight is 348 g/mol. The molecule has 3 aromatic rings. The topological polar surface area (TPSA) is 80.9 Å². The number of aromatic hydroxyl groups is 1. The number of tetrazole rings is 1. The van der Waals surface area contributed by atoms with Crippen molar-refractivity contribution in [3.8, 4) is 11.4 Å². The third-order valence-electron chi connectivity index (χ3n) is 3.10. The van der Waals surface area contributed by atoms with Gasteiger partial charge in [-0.25, -0.2) is 8.78 Å². The summed E-state index contributed by atoms with van der Waals surface area (Å²) in [5.74, 6) is -2.09. The number of Topliss-reactive ketones (excluding diaryl/α,β-unsaturated/α-hetero) is 1. The zero-order valence-corrected chi connectivity index (χ0v) is 12.9. The van der Waals surface area contributed by atoms with Crippen molar-refractivity contribution in [1.29, 1.82) is 0 Å².